The van der Waals surface area contributed by atoms with Gasteiger partial charge < -0.3 is 5.73 Å². The van der Waals surface area contributed by atoms with Crippen LogP contribution in [0.4, 0.5) is 4.39 Å². The summed E-state index contributed by atoms with van der Waals surface area (Å²) in [5.41, 5.74) is 7.13. The molecule has 2 N–H and O–H groups in total. The average Bonchev–Trinajstić information content (AvgIpc) is 2.34. The second-order valence-electron chi connectivity index (χ2n) is 5.00. The van der Waals surface area contributed by atoms with Crippen LogP contribution in [0.2, 0.25) is 0 Å². The topological polar surface area (TPSA) is 29.3 Å². The van der Waals surface area contributed by atoms with Crippen LogP contribution >= 0.6 is 24.0 Å². The molecule has 0 spiro atoms. The van der Waals surface area contributed by atoms with Gasteiger partial charge in [0.1, 0.15) is 10.8 Å². The van der Waals surface area contributed by atoms with Crippen molar-refractivity contribution < 1.29 is 4.39 Å². The summed E-state index contributed by atoms with van der Waals surface area (Å²) in [5, 5.41) is 0.609. The summed E-state index contributed by atoms with van der Waals surface area (Å²) in [6.45, 7) is 6.26. The number of thiocarbonyl (C=S) groups is 1. The Morgan fingerprint density at radius 3 is 2.89 bits per heavy atom. The van der Waals surface area contributed by atoms with Gasteiger partial charge in [0.2, 0.25) is 0 Å². The van der Waals surface area contributed by atoms with E-state index in [9.17, 15) is 4.39 Å². The smallest absolute Gasteiger partial charge is 0.124 e. The highest BCUT2D eigenvalue weighted by Gasteiger charge is 2.25. The molecule has 1 aromatic rings. The molecule has 0 aliphatic carbocycles. The number of thioether (sulfide) groups is 1. The minimum Gasteiger partial charge on any atom is -0.389 e. The van der Waals surface area contributed by atoms with Crippen LogP contribution in [0, 0.1) is 5.82 Å². The van der Waals surface area contributed by atoms with Crippen LogP contribution in [0.25, 0.3) is 0 Å². The van der Waals surface area contributed by atoms with Crippen LogP contribution in [0.15, 0.2) is 18.2 Å². The first-order chi connectivity index (χ1) is 8.97. The highest BCUT2D eigenvalue weighted by molar-refractivity contribution is 8.00. The number of nitrogens with two attached hydrogens (primary N) is 1. The van der Waals surface area contributed by atoms with Crippen LogP contribution in [0.1, 0.15) is 25.0 Å². The second kappa shape index (κ2) is 6.20. The van der Waals surface area contributed by atoms with Crippen LogP contribution in [-0.2, 0) is 6.54 Å². The van der Waals surface area contributed by atoms with Gasteiger partial charge in [0.05, 0.1) is 0 Å². The summed E-state index contributed by atoms with van der Waals surface area (Å²) in [5.74, 6) is 0.857. The lowest BCUT2D eigenvalue weighted by atomic mass is 10.1. The summed E-state index contributed by atoms with van der Waals surface area (Å²) in [4.78, 5) is 2.63. The lowest BCUT2D eigenvalue weighted by Gasteiger charge is -2.37. The van der Waals surface area contributed by atoms with Crippen LogP contribution < -0.4 is 5.73 Å². The van der Waals surface area contributed by atoms with Gasteiger partial charge in [-0.15, -0.1) is 0 Å². The van der Waals surface area contributed by atoms with E-state index < -0.39 is 0 Å². The third-order valence-electron chi connectivity index (χ3n) is 3.64. The van der Waals surface area contributed by atoms with Gasteiger partial charge in [0, 0.05) is 35.7 Å². The molecule has 0 bridgehead atoms. The van der Waals surface area contributed by atoms with E-state index in [1.54, 1.807) is 6.07 Å². The Morgan fingerprint density at radius 2 is 2.21 bits per heavy atom. The van der Waals surface area contributed by atoms with Gasteiger partial charge in [-0.3, -0.25) is 4.90 Å². The largest absolute Gasteiger partial charge is 0.389 e. The molecule has 0 amide bonds. The van der Waals surface area contributed by atoms with E-state index in [0.29, 0.717) is 16.9 Å². The van der Waals surface area contributed by atoms with Crippen molar-refractivity contribution in [2.45, 2.75) is 31.7 Å². The Balaban J connectivity index is 2.16. The molecule has 0 radical (unpaired) electrons. The first kappa shape index (κ1) is 14.8. The number of hydrogen-bond acceptors (Lipinski definition) is 3. The predicted octanol–water partition coefficient (Wildman–Crippen LogP) is 2.79. The van der Waals surface area contributed by atoms with Crippen molar-refractivity contribution in [3.05, 3.63) is 35.1 Å². The molecule has 1 aliphatic heterocycles. The van der Waals surface area contributed by atoms with Gasteiger partial charge in [0.15, 0.2) is 0 Å². The maximum absolute atomic E-state index is 13.6. The number of rotatable bonds is 3. The molecular weight excluding hydrogens is 279 g/mol. The van der Waals surface area contributed by atoms with Crippen molar-refractivity contribution in [3.8, 4) is 0 Å². The minimum atomic E-state index is -0.271. The molecule has 1 heterocycles. The summed E-state index contributed by atoms with van der Waals surface area (Å²) >= 11 is 6.92. The number of hydrogen-bond donors (Lipinski definition) is 1. The van der Waals surface area contributed by atoms with E-state index in [2.05, 4.69) is 18.7 Å². The lowest BCUT2D eigenvalue weighted by Crippen LogP contribution is -2.43. The van der Waals surface area contributed by atoms with Gasteiger partial charge in [-0.05, 0) is 30.7 Å². The Bertz CT molecular complexity index is 479. The summed E-state index contributed by atoms with van der Waals surface area (Å²) < 4.78 is 13.6. The van der Waals surface area contributed by atoms with Crippen LogP contribution in [-0.4, -0.2) is 33.5 Å². The molecule has 1 aliphatic rings. The minimum absolute atomic E-state index is 0.247. The van der Waals surface area contributed by atoms with E-state index in [1.807, 2.05) is 17.8 Å². The van der Waals surface area contributed by atoms with Crippen LogP contribution in [0.5, 0.6) is 0 Å². The lowest BCUT2D eigenvalue weighted by molar-refractivity contribution is 0.204. The predicted molar refractivity (Wildman–Crippen MR) is 84.1 cm³/mol. The molecule has 1 saturated heterocycles. The van der Waals surface area contributed by atoms with Crippen LogP contribution in [0.3, 0.4) is 0 Å². The van der Waals surface area contributed by atoms with Gasteiger partial charge in [-0.2, -0.15) is 11.8 Å². The van der Waals surface area contributed by atoms with E-state index in [1.165, 1.54) is 6.07 Å². The zero-order valence-electron chi connectivity index (χ0n) is 11.2. The molecule has 2 atom stereocenters. The van der Waals surface area contributed by atoms with Crippen molar-refractivity contribution in [1.82, 2.24) is 4.90 Å². The third-order valence-corrected chi connectivity index (χ3v) is 5.22. The molecule has 0 aromatic heterocycles. The van der Waals surface area contributed by atoms with Gasteiger partial charge in [-0.25, -0.2) is 4.39 Å². The highest BCUT2D eigenvalue weighted by Crippen LogP contribution is 2.25. The molecule has 1 aromatic carbocycles. The molecule has 0 saturated carbocycles. The third kappa shape index (κ3) is 3.68. The summed E-state index contributed by atoms with van der Waals surface area (Å²) in [6.07, 6.45) is 0. The Hall–Kier alpha value is -0.650. The highest BCUT2D eigenvalue weighted by atomic mass is 32.2. The first-order valence-electron chi connectivity index (χ1n) is 6.42. The fourth-order valence-corrected chi connectivity index (χ4v) is 3.62. The Morgan fingerprint density at radius 1 is 1.47 bits per heavy atom. The zero-order chi connectivity index (χ0) is 14.0. The molecular formula is C14H19FN2S2. The fourth-order valence-electron chi connectivity index (χ4n) is 2.34. The maximum Gasteiger partial charge on any atom is 0.124 e. The molecule has 1 fully saturated rings. The van der Waals surface area contributed by atoms with Crippen molar-refractivity contribution in [3.63, 3.8) is 0 Å². The summed E-state index contributed by atoms with van der Waals surface area (Å²) in [6, 6.07) is 5.35. The van der Waals surface area contributed by atoms with Gasteiger partial charge in [-0.1, -0.05) is 19.1 Å². The molecule has 5 heteroatoms. The van der Waals surface area contributed by atoms with Gasteiger partial charge >= 0.3 is 0 Å². The second-order valence-corrected chi connectivity index (χ2v) is 6.92. The standard InChI is InChI=1S/C14H19FN2S2/c1-9-10(2)19-4-3-17(9)8-11-5-12(14(16)18)7-13(15)6-11/h5-7,9-10H,3-4,8H2,1-2H3,(H2,16,18). The van der Waals surface area contributed by atoms with Crippen molar-refractivity contribution in [1.29, 1.82) is 0 Å². The van der Waals surface area contributed by atoms with E-state index >= 15 is 0 Å². The molecule has 2 rings (SSSR count). The van der Waals surface area contributed by atoms with Crippen molar-refractivity contribution in [2.75, 3.05) is 12.3 Å². The van der Waals surface area contributed by atoms with Crippen molar-refractivity contribution in [2.24, 2.45) is 5.73 Å². The quantitative estimate of drug-likeness (QED) is 0.869. The van der Waals surface area contributed by atoms with Gasteiger partial charge in [0.25, 0.3) is 0 Å². The Kier molecular flexibility index (Phi) is 4.81. The fraction of sp³-hybridized carbons (Fsp3) is 0.500. The number of nitrogens with zero attached hydrogens (tertiary/aromatic N) is 1. The SMILES string of the molecule is CC1SCCN(Cc2cc(F)cc(C(N)=S)c2)C1C. The number of benzene rings is 1. The van der Waals surface area contributed by atoms with E-state index in [4.69, 9.17) is 18.0 Å². The molecule has 104 valence electrons. The normalized spacial score (nSPS) is 24.4. The molecule has 2 unspecified atom stereocenters. The average molecular weight is 298 g/mol. The number of halogens is 1. The Labute approximate surface area is 123 Å². The maximum atomic E-state index is 13.6. The monoisotopic (exact) mass is 298 g/mol. The van der Waals surface area contributed by atoms with Crippen molar-refractivity contribution >= 4 is 29.0 Å². The van der Waals surface area contributed by atoms with E-state index in [-0.39, 0.29) is 10.8 Å². The molecule has 2 nitrogen and oxygen atoms in total. The van der Waals surface area contributed by atoms with E-state index in [0.717, 1.165) is 24.4 Å². The molecule has 19 heavy (non-hydrogen) atoms. The zero-order valence-corrected chi connectivity index (χ0v) is 12.9. The first-order valence-corrected chi connectivity index (χ1v) is 7.88. The summed E-state index contributed by atoms with van der Waals surface area (Å²) in [7, 11) is 0.